The maximum absolute atomic E-state index is 12.9. The van der Waals surface area contributed by atoms with E-state index >= 15 is 0 Å². The number of nitrogens with zero attached hydrogens (tertiary/aromatic N) is 2. The Hall–Kier alpha value is -3.52. The summed E-state index contributed by atoms with van der Waals surface area (Å²) in [6, 6.07) is 17.8. The Bertz CT molecular complexity index is 1230. The van der Waals surface area contributed by atoms with Crippen molar-refractivity contribution in [2.45, 2.75) is 19.9 Å². The van der Waals surface area contributed by atoms with Gasteiger partial charge in [-0.25, -0.2) is 9.18 Å². The van der Waals surface area contributed by atoms with Gasteiger partial charge >= 0.3 is 5.97 Å². The van der Waals surface area contributed by atoms with Crippen LogP contribution in [0.5, 0.6) is 0 Å². The fourth-order valence-corrected chi connectivity index (χ4v) is 4.38. The number of ether oxygens (including phenoxy) is 1. The summed E-state index contributed by atoms with van der Waals surface area (Å²) in [6.07, 6.45) is 0.563. The summed E-state index contributed by atoms with van der Waals surface area (Å²) >= 11 is 1.30. The number of esters is 1. The number of aromatic nitrogens is 2. The van der Waals surface area contributed by atoms with Gasteiger partial charge in [-0.05, 0) is 42.7 Å². The van der Waals surface area contributed by atoms with Gasteiger partial charge in [-0.15, -0.1) is 11.3 Å². The van der Waals surface area contributed by atoms with Crippen molar-refractivity contribution in [2.75, 3.05) is 13.2 Å². The lowest BCUT2D eigenvalue weighted by Crippen LogP contribution is -2.30. The van der Waals surface area contributed by atoms with Crippen molar-refractivity contribution in [3.05, 3.63) is 88.2 Å². The zero-order valence-electron chi connectivity index (χ0n) is 17.5. The first-order chi connectivity index (χ1) is 15.5. The van der Waals surface area contributed by atoms with Gasteiger partial charge in [-0.1, -0.05) is 42.5 Å². The van der Waals surface area contributed by atoms with E-state index in [0.29, 0.717) is 24.4 Å². The molecule has 2 heterocycles. The third-order valence-electron chi connectivity index (χ3n) is 4.97. The largest absolute Gasteiger partial charge is 0.451 e. The van der Waals surface area contributed by atoms with Gasteiger partial charge in [0.05, 0.1) is 12.2 Å². The average Bonchev–Trinajstić information content (AvgIpc) is 3.35. The lowest BCUT2D eigenvalue weighted by molar-refractivity contribution is -0.124. The van der Waals surface area contributed by atoms with Crippen LogP contribution in [-0.4, -0.2) is 34.8 Å². The van der Waals surface area contributed by atoms with E-state index in [0.717, 1.165) is 27.0 Å². The number of fused-ring (bicyclic) bond motifs is 1. The van der Waals surface area contributed by atoms with Gasteiger partial charge < -0.3 is 10.1 Å². The molecule has 0 unspecified atom stereocenters. The molecule has 0 aliphatic rings. The highest BCUT2D eigenvalue weighted by atomic mass is 32.1. The van der Waals surface area contributed by atoms with Crippen LogP contribution in [0.1, 0.15) is 26.5 Å². The Morgan fingerprint density at radius 3 is 2.59 bits per heavy atom. The summed E-state index contributed by atoms with van der Waals surface area (Å²) in [5.41, 5.74) is 2.87. The van der Waals surface area contributed by atoms with Gasteiger partial charge in [0, 0.05) is 11.9 Å². The minimum Gasteiger partial charge on any atom is -0.451 e. The molecular formula is C24H22FN3O3S. The number of carbonyl (C=O) groups excluding carboxylic acids is 2. The normalized spacial score (nSPS) is 10.9. The SMILES string of the molecule is Cc1nn(Cc2ccccc2)c2sc(C(=O)OCC(=O)NCCc3ccc(F)cc3)cc12. The molecule has 4 aromatic rings. The zero-order chi connectivity index (χ0) is 22.5. The second kappa shape index (κ2) is 9.74. The Labute approximate surface area is 188 Å². The molecule has 1 N–H and O–H groups in total. The van der Waals surface area contributed by atoms with Crippen LogP contribution in [0, 0.1) is 12.7 Å². The second-order valence-electron chi connectivity index (χ2n) is 7.36. The Kier molecular flexibility index (Phi) is 6.61. The van der Waals surface area contributed by atoms with Crippen molar-refractivity contribution in [1.82, 2.24) is 15.1 Å². The lowest BCUT2D eigenvalue weighted by Gasteiger charge is -2.06. The highest BCUT2D eigenvalue weighted by molar-refractivity contribution is 7.20. The van der Waals surface area contributed by atoms with E-state index in [1.54, 1.807) is 18.2 Å². The van der Waals surface area contributed by atoms with Crippen LogP contribution < -0.4 is 5.32 Å². The molecule has 2 aromatic carbocycles. The summed E-state index contributed by atoms with van der Waals surface area (Å²) in [5.74, 6) is -1.22. The fraction of sp³-hybridized carbons (Fsp3) is 0.208. The molecule has 164 valence electrons. The van der Waals surface area contributed by atoms with Crippen LogP contribution in [0.15, 0.2) is 60.7 Å². The molecule has 8 heteroatoms. The molecular weight excluding hydrogens is 429 g/mol. The number of hydrogen-bond donors (Lipinski definition) is 1. The van der Waals surface area contributed by atoms with Crippen molar-refractivity contribution in [3.8, 4) is 0 Å². The molecule has 0 radical (unpaired) electrons. The van der Waals surface area contributed by atoms with Crippen molar-refractivity contribution < 1.29 is 18.7 Å². The third kappa shape index (κ3) is 5.20. The molecule has 0 saturated carbocycles. The number of aryl methyl sites for hydroxylation is 1. The van der Waals surface area contributed by atoms with Crippen molar-refractivity contribution in [1.29, 1.82) is 0 Å². The van der Waals surface area contributed by atoms with E-state index in [9.17, 15) is 14.0 Å². The predicted octanol–water partition coefficient (Wildman–Crippen LogP) is 4.11. The topological polar surface area (TPSA) is 73.2 Å². The van der Waals surface area contributed by atoms with Crippen LogP contribution in [0.4, 0.5) is 4.39 Å². The molecule has 0 saturated heterocycles. The Morgan fingerprint density at radius 2 is 1.84 bits per heavy atom. The smallest absolute Gasteiger partial charge is 0.348 e. The summed E-state index contributed by atoms with van der Waals surface area (Å²) in [4.78, 5) is 25.8. The molecule has 0 atom stereocenters. The van der Waals surface area contributed by atoms with Crippen LogP contribution >= 0.6 is 11.3 Å². The van der Waals surface area contributed by atoms with Crippen molar-refractivity contribution in [2.24, 2.45) is 0 Å². The molecule has 0 aliphatic carbocycles. The molecule has 1 amide bonds. The Morgan fingerprint density at radius 1 is 1.09 bits per heavy atom. The molecule has 0 fully saturated rings. The number of hydrogen-bond acceptors (Lipinski definition) is 5. The molecule has 0 bridgehead atoms. The fourth-order valence-electron chi connectivity index (χ4n) is 3.33. The maximum atomic E-state index is 12.9. The second-order valence-corrected chi connectivity index (χ2v) is 8.39. The van der Waals surface area contributed by atoms with Crippen LogP contribution in [-0.2, 0) is 22.5 Å². The first-order valence-electron chi connectivity index (χ1n) is 10.2. The number of amides is 1. The number of thiophene rings is 1. The van der Waals surface area contributed by atoms with E-state index in [-0.39, 0.29) is 18.3 Å². The van der Waals surface area contributed by atoms with E-state index in [4.69, 9.17) is 4.74 Å². The molecule has 0 aliphatic heterocycles. The van der Waals surface area contributed by atoms with E-state index in [1.165, 1.54) is 23.5 Å². The van der Waals surface area contributed by atoms with Gasteiger partial charge in [-0.3, -0.25) is 9.48 Å². The van der Waals surface area contributed by atoms with Crippen LogP contribution in [0.3, 0.4) is 0 Å². The molecule has 2 aromatic heterocycles. The zero-order valence-corrected chi connectivity index (χ0v) is 18.3. The quantitative estimate of drug-likeness (QED) is 0.409. The van der Waals surface area contributed by atoms with E-state index in [2.05, 4.69) is 10.4 Å². The van der Waals surface area contributed by atoms with Gasteiger partial charge in [0.15, 0.2) is 6.61 Å². The first-order valence-corrected chi connectivity index (χ1v) is 11.0. The number of rotatable bonds is 8. The highest BCUT2D eigenvalue weighted by Crippen LogP contribution is 2.29. The highest BCUT2D eigenvalue weighted by Gasteiger charge is 2.18. The van der Waals surface area contributed by atoms with Gasteiger partial charge in [0.25, 0.3) is 5.91 Å². The minimum absolute atomic E-state index is 0.297. The van der Waals surface area contributed by atoms with E-state index in [1.807, 2.05) is 41.9 Å². The number of carbonyl (C=O) groups is 2. The van der Waals surface area contributed by atoms with Crippen molar-refractivity contribution >= 4 is 33.4 Å². The van der Waals surface area contributed by atoms with Crippen LogP contribution in [0.25, 0.3) is 10.2 Å². The number of benzene rings is 2. The first kappa shape index (κ1) is 21.7. The van der Waals surface area contributed by atoms with Gasteiger partial charge in [0.2, 0.25) is 0 Å². The Balaban J connectivity index is 1.32. The maximum Gasteiger partial charge on any atom is 0.348 e. The monoisotopic (exact) mass is 451 g/mol. The number of nitrogens with one attached hydrogen (secondary N) is 1. The average molecular weight is 452 g/mol. The van der Waals surface area contributed by atoms with Crippen molar-refractivity contribution in [3.63, 3.8) is 0 Å². The summed E-state index contributed by atoms with van der Waals surface area (Å²) in [7, 11) is 0. The molecule has 32 heavy (non-hydrogen) atoms. The van der Waals surface area contributed by atoms with Gasteiger partial charge in [0.1, 0.15) is 15.5 Å². The van der Waals surface area contributed by atoms with Gasteiger partial charge in [-0.2, -0.15) is 5.10 Å². The van der Waals surface area contributed by atoms with Crippen LogP contribution in [0.2, 0.25) is 0 Å². The number of halogens is 1. The third-order valence-corrected chi connectivity index (χ3v) is 6.10. The molecule has 6 nitrogen and oxygen atoms in total. The summed E-state index contributed by atoms with van der Waals surface area (Å²) < 4.78 is 20.0. The lowest BCUT2D eigenvalue weighted by atomic mass is 10.1. The molecule has 0 spiro atoms. The summed E-state index contributed by atoms with van der Waals surface area (Å²) in [5, 5.41) is 8.18. The van der Waals surface area contributed by atoms with E-state index < -0.39 is 5.97 Å². The summed E-state index contributed by atoms with van der Waals surface area (Å²) in [6.45, 7) is 2.53. The predicted molar refractivity (Wildman–Crippen MR) is 121 cm³/mol. The standard InChI is InChI=1S/C24H22FN3O3S/c1-16-20-13-21(32-23(20)28(27-16)14-18-5-3-2-4-6-18)24(30)31-15-22(29)26-12-11-17-7-9-19(25)10-8-17/h2-10,13H,11-12,14-15H2,1H3,(H,26,29). The molecule has 4 rings (SSSR count). The minimum atomic E-state index is -0.537.